The summed E-state index contributed by atoms with van der Waals surface area (Å²) in [7, 11) is 1.79. The molecule has 0 bridgehead atoms. The predicted molar refractivity (Wildman–Crippen MR) is 95.9 cm³/mol. The molecule has 6 nitrogen and oxygen atoms in total. The van der Waals surface area contributed by atoms with Crippen molar-refractivity contribution in [3.8, 4) is 0 Å². The maximum absolute atomic E-state index is 4.51. The minimum absolute atomic E-state index is 0.452. The van der Waals surface area contributed by atoms with E-state index in [-0.39, 0.29) is 0 Å². The molecular weight excluding hydrogens is 308 g/mol. The number of aromatic nitrogens is 3. The van der Waals surface area contributed by atoms with Crippen molar-refractivity contribution in [1.82, 2.24) is 25.4 Å². The highest BCUT2D eigenvalue weighted by Gasteiger charge is 2.08. The van der Waals surface area contributed by atoms with Crippen LogP contribution in [0.4, 0.5) is 0 Å². The maximum Gasteiger partial charge on any atom is 0.191 e. The van der Waals surface area contributed by atoms with Gasteiger partial charge in [-0.3, -0.25) is 9.67 Å². The molecule has 0 saturated carbocycles. The van der Waals surface area contributed by atoms with Crippen LogP contribution in [0.3, 0.4) is 0 Å². The first-order valence-corrected chi connectivity index (χ1v) is 8.66. The molecule has 2 aromatic rings. The second kappa shape index (κ2) is 8.10. The molecule has 7 heteroatoms. The first kappa shape index (κ1) is 17.5. The highest BCUT2D eigenvalue weighted by molar-refractivity contribution is 7.11. The maximum atomic E-state index is 4.51. The molecule has 0 fully saturated rings. The van der Waals surface area contributed by atoms with Gasteiger partial charge < -0.3 is 10.6 Å². The number of guanidine groups is 1. The van der Waals surface area contributed by atoms with Crippen LogP contribution >= 0.6 is 11.3 Å². The number of nitrogens with one attached hydrogen (secondary N) is 2. The molecule has 0 amide bonds. The number of hydrogen-bond donors (Lipinski definition) is 2. The molecule has 2 heterocycles. The van der Waals surface area contributed by atoms with Gasteiger partial charge in [0, 0.05) is 36.9 Å². The summed E-state index contributed by atoms with van der Waals surface area (Å²) < 4.78 is 2.07. The Labute approximate surface area is 142 Å². The lowest BCUT2D eigenvalue weighted by Gasteiger charge is -2.16. The van der Waals surface area contributed by atoms with Crippen LogP contribution in [0.25, 0.3) is 0 Å². The summed E-state index contributed by atoms with van der Waals surface area (Å²) in [4.78, 5) is 9.83. The molecule has 23 heavy (non-hydrogen) atoms. The molecule has 0 aliphatic carbocycles. The Hall–Kier alpha value is -1.89. The Morgan fingerprint density at radius 1 is 1.35 bits per heavy atom. The van der Waals surface area contributed by atoms with Gasteiger partial charge >= 0.3 is 0 Å². The minimum Gasteiger partial charge on any atom is -0.356 e. The van der Waals surface area contributed by atoms with Gasteiger partial charge in [-0.15, -0.1) is 11.3 Å². The summed E-state index contributed by atoms with van der Waals surface area (Å²) in [5.74, 6) is 1.26. The van der Waals surface area contributed by atoms with E-state index >= 15 is 0 Å². The zero-order valence-corrected chi connectivity index (χ0v) is 15.4. The van der Waals surface area contributed by atoms with Crippen molar-refractivity contribution in [2.45, 2.75) is 40.8 Å². The third-order valence-corrected chi connectivity index (χ3v) is 4.42. The lowest BCUT2D eigenvalue weighted by atomic mass is 10.2. The van der Waals surface area contributed by atoms with Gasteiger partial charge in [-0.2, -0.15) is 5.10 Å². The number of hydrogen-bond acceptors (Lipinski definition) is 4. The van der Waals surface area contributed by atoms with Crippen LogP contribution in [-0.2, 0) is 13.1 Å². The Balaban J connectivity index is 1.77. The van der Waals surface area contributed by atoms with Crippen molar-refractivity contribution in [3.63, 3.8) is 0 Å². The minimum atomic E-state index is 0.452. The molecule has 0 aliphatic rings. The summed E-state index contributed by atoms with van der Waals surface area (Å²) in [6, 6.07) is 2.11. The van der Waals surface area contributed by atoms with E-state index in [0.29, 0.717) is 12.5 Å². The zero-order chi connectivity index (χ0) is 16.8. The van der Waals surface area contributed by atoms with Crippen LogP contribution in [0.2, 0.25) is 0 Å². The quantitative estimate of drug-likeness (QED) is 0.628. The fourth-order valence-corrected chi connectivity index (χ4v) is 3.08. The highest BCUT2D eigenvalue weighted by Crippen LogP contribution is 2.10. The van der Waals surface area contributed by atoms with Crippen molar-refractivity contribution < 1.29 is 0 Å². The van der Waals surface area contributed by atoms with E-state index in [9.17, 15) is 0 Å². The van der Waals surface area contributed by atoms with E-state index in [0.717, 1.165) is 29.8 Å². The van der Waals surface area contributed by atoms with Gasteiger partial charge in [-0.1, -0.05) is 6.92 Å². The van der Waals surface area contributed by atoms with Crippen LogP contribution in [-0.4, -0.2) is 34.3 Å². The van der Waals surface area contributed by atoms with Crippen LogP contribution in [0.15, 0.2) is 17.3 Å². The molecule has 1 atom stereocenters. The van der Waals surface area contributed by atoms with Gasteiger partial charge in [-0.25, -0.2) is 4.98 Å². The van der Waals surface area contributed by atoms with E-state index in [1.54, 1.807) is 18.4 Å². The summed E-state index contributed by atoms with van der Waals surface area (Å²) in [5.41, 5.74) is 2.27. The Morgan fingerprint density at radius 2 is 2.13 bits per heavy atom. The molecule has 0 aliphatic heterocycles. The van der Waals surface area contributed by atoms with Crippen LogP contribution in [0.1, 0.15) is 28.2 Å². The molecule has 0 aromatic carbocycles. The molecular formula is C16H26N6S. The highest BCUT2D eigenvalue weighted by atomic mass is 32.1. The standard InChI is InChI=1S/C16H26N6S/c1-11(10-22-13(3)6-12(2)21-22)7-19-16(17-5)20-9-15-18-8-14(4)23-15/h6,8,11H,7,9-10H2,1-5H3,(H2,17,19,20). The summed E-state index contributed by atoms with van der Waals surface area (Å²) in [5, 5.41) is 12.2. The molecule has 126 valence electrons. The van der Waals surface area contributed by atoms with E-state index in [1.807, 2.05) is 13.1 Å². The van der Waals surface area contributed by atoms with Crippen molar-refractivity contribution in [2.24, 2.45) is 10.9 Å². The number of rotatable bonds is 6. The second-order valence-corrected chi connectivity index (χ2v) is 7.21. The Bertz CT molecular complexity index is 657. The smallest absolute Gasteiger partial charge is 0.191 e. The predicted octanol–water partition coefficient (Wildman–Crippen LogP) is 2.27. The first-order valence-electron chi connectivity index (χ1n) is 7.84. The molecule has 0 saturated heterocycles. The van der Waals surface area contributed by atoms with Crippen molar-refractivity contribution in [3.05, 3.63) is 33.5 Å². The van der Waals surface area contributed by atoms with Gasteiger partial charge in [0.15, 0.2) is 5.96 Å². The monoisotopic (exact) mass is 334 g/mol. The Kier molecular flexibility index (Phi) is 6.15. The fourth-order valence-electron chi connectivity index (χ4n) is 2.35. The summed E-state index contributed by atoms with van der Waals surface area (Å²) in [6.07, 6.45) is 1.90. The molecule has 0 radical (unpaired) electrons. The van der Waals surface area contributed by atoms with Crippen molar-refractivity contribution in [1.29, 1.82) is 0 Å². The third kappa shape index (κ3) is 5.35. The van der Waals surface area contributed by atoms with E-state index in [1.165, 1.54) is 10.6 Å². The van der Waals surface area contributed by atoms with Crippen molar-refractivity contribution in [2.75, 3.05) is 13.6 Å². The second-order valence-electron chi connectivity index (χ2n) is 5.89. The van der Waals surface area contributed by atoms with Gasteiger partial charge in [0.2, 0.25) is 0 Å². The molecule has 1 unspecified atom stereocenters. The summed E-state index contributed by atoms with van der Waals surface area (Å²) in [6.45, 7) is 10.8. The van der Waals surface area contributed by atoms with Crippen LogP contribution < -0.4 is 10.6 Å². The van der Waals surface area contributed by atoms with E-state index in [2.05, 4.69) is 57.2 Å². The lowest BCUT2D eigenvalue weighted by Crippen LogP contribution is -2.39. The van der Waals surface area contributed by atoms with Gasteiger partial charge in [-0.05, 0) is 32.8 Å². The third-order valence-electron chi connectivity index (χ3n) is 3.51. The van der Waals surface area contributed by atoms with Crippen LogP contribution in [0.5, 0.6) is 0 Å². The zero-order valence-electron chi connectivity index (χ0n) is 14.6. The molecule has 2 N–H and O–H groups in total. The van der Waals surface area contributed by atoms with Gasteiger partial charge in [0.1, 0.15) is 5.01 Å². The average Bonchev–Trinajstić information content (AvgIpc) is 3.05. The van der Waals surface area contributed by atoms with Gasteiger partial charge in [0.25, 0.3) is 0 Å². The van der Waals surface area contributed by atoms with Crippen molar-refractivity contribution >= 4 is 17.3 Å². The first-order chi connectivity index (χ1) is 11.0. The number of nitrogens with zero attached hydrogens (tertiary/aromatic N) is 4. The van der Waals surface area contributed by atoms with Crippen LogP contribution in [0, 0.1) is 26.7 Å². The number of aliphatic imine (C=N–C) groups is 1. The van der Waals surface area contributed by atoms with E-state index in [4.69, 9.17) is 0 Å². The number of aryl methyl sites for hydroxylation is 3. The fraction of sp³-hybridized carbons (Fsp3) is 0.562. The average molecular weight is 334 g/mol. The lowest BCUT2D eigenvalue weighted by molar-refractivity contribution is 0.436. The van der Waals surface area contributed by atoms with Gasteiger partial charge in [0.05, 0.1) is 12.2 Å². The molecule has 2 aromatic heterocycles. The number of thiazole rings is 1. The normalized spacial score (nSPS) is 13.2. The van der Waals surface area contributed by atoms with E-state index < -0.39 is 0 Å². The SMILES string of the molecule is CN=C(NCc1ncc(C)s1)NCC(C)Cn1nc(C)cc1C. The molecule has 0 spiro atoms. The Morgan fingerprint density at radius 3 is 2.70 bits per heavy atom. The summed E-state index contributed by atoms with van der Waals surface area (Å²) >= 11 is 1.70. The topological polar surface area (TPSA) is 67.1 Å². The largest absolute Gasteiger partial charge is 0.356 e. The molecule has 2 rings (SSSR count).